The quantitative estimate of drug-likeness (QED) is 0.381. The molecule has 4 aromatic rings. The standard InChI is InChI=1S/C28H26N2O5/c1-16(2)15-34-21-10-9-18(14-22(21)33-4)25-24-26(31)19-7-5-6-8-20(19)35-27(24)28(32)30(25)23-13-17(3)11-12-29-23/h5-14,16,25H,15H2,1-4H3/t25-/m0/s1. The lowest BCUT2D eigenvalue weighted by Gasteiger charge is -2.25. The third-order valence-corrected chi connectivity index (χ3v) is 6.00. The first-order valence-electron chi connectivity index (χ1n) is 11.5. The summed E-state index contributed by atoms with van der Waals surface area (Å²) in [5.74, 6) is 1.52. The summed E-state index contributed by atoms with van der Waals surface area (Å²) in [6.45, 7) is 6.60. The van der Waals surface area contributed by atoms with Crippen LogP contribution >= 0.6 is 0 Å². The summed E-state index contributed by atoms with van der Waals surface area (Å²) in [5.41, 5.74) is 2.05. The van der Waals surface area contributed by atoms with Gasteiger partial charge in [-0.25, -0.2) is 4.98 Å². The Morgan fingerprint density at radius 3 is 2.60 bits per heavy atom. The number of para-hydroxylation sites is 1. The van der Waals surface area contributed by atoms with Gasteiger partial charge in [-0.15, -0.1) is 0 Å². The molecule has 2 aromatic heterocycles. The maximum Gasteiger partial charge on any atom is 0.296 e. The Balaban J connectivity index is 1.72. The van der Waals surface area contributed by atoms with Crippen molar-refractivity contribution in [3.63, 3.8) is 0 Å². The number of rotatable bonds is 6. The second-order valence-corrected chi connectivity index (χ2v) is 9.05. The lowest BCUT2D eigenvalue weighted by atomic mass is 9.98. The third kappa shape index (κ3) is 3.93. The minimum absolute atomic E-state index is 0.0288. The predicted molar refractivity (Wildman–Crippen MR) is 133 cm³/mol. The maximum absolute atomic E-state index is 13.7. The van der Waals surface area contributed by atoms with E-state index in [1.54, 1.807) is 43.6 Å². The molecule has 7 heteroatoms. The van der Waals surface area contributed by atoms with E-state index in [2.05, 4.69) is 18.8 Å². The molecule has 1 aliphatic rings. The van der Waals surface area contributed by atoms with E-state index >= 15 is 0 Å². The molecule has 1 aliphatic heterocycles. The molecule has 1 amide bonds. The van der Waals surface area contributed by atoms with Crippen molar-refractivity contribution in [3.05, 3.63) is 93.5 Å². The Bertz CT molecular complexity index is 1490. The van der Waals surface area contributed by atoms with Crippen LogP contribution in [0.2, 0.25) is 0 Å². The number of carbonyl (C=O) groups is 1. The maximum atomic E-state index is 13.7. The average Bonchev–Trinajstić information content (AvgIpc) is 3.15. The fraction of sp³-hybridized carbons (Fsp3) is 0.250. The number of hydrogen-bond donors (Lipinski definition) is 0. The molecule has 0 N–H and O–H groups in total. The SMILES string of the molecule is COc1cc([C@H]2c3c(oc4ccccc4c3=O)C(=O)N2c2cc(C)ccn2)ccc1OCC(C)C. The van der Waals surface area contributed by atoms with E-state index < -0.39 is 11.9 Å². The highest BCUT2D eigenvalue weighted by Gasteiger charge is 2.44. The summed E-state index contributed by atoms with van der Waals surface area (Å²) in [4.78, 5) is 33.3. The largest absolute Gasteiger partial charge is 0.493 e. The summed E-state index contributed by atoms with van der Waals surface area (Å²) >= 11 is 0. The molecule has 0 bridgehead atoms. The van der Waals surface area contributed by atoms with Gasteiger partial charge in [-0.05, 0) is 60.4 Å². The summed E-state index contributed by atoms with van der Waals surface area (Å²) < 4.78 is 17.5. The monoisotopic (exact) mass is 470 g/mol. The van der Waals surface area contributed by atoms with E-state index in [0.29, 0.717) is 46.4 Å². The minimum Gasteiger partial charge on any atom is -0.493 e. The normalized spacial score (nSPS) is 15.1. The van der Waals surface area contributed by atoms with Crippen molar-refractivity contribution in [1.29, 1.82) is 0 Å². The lowest BCUT2D eigenvalue weighted by Crippen LogP contribution is -2.30. The number of pyridine rings is 1. The van der Waals surface area contributed by atoms with Crippen LogP contribution in [0.5, 0.6) is 11.5 Å². The van der Waals surface area contributed by atoms with Gasteiger partial charge in [0.1, 0.15) is 11.4 Å². The van der Waals surface area contributed by atoms with Crippen LogP contribution in [0, 0.1) is 12.8 Å². The van der Waals surface area contributed by atoms with Crippen molar-refractivity contribution in [2.45, 2.75) is 26.8 Å². The Hall–Kier alpha value is -4.13. The van der Waals surface area contributed by atoms with Crippen molar-refractivity contribution in [2.75, 3.05) is 18.6 Å². The number of benzene rings is 2. The van der Waals surface area contributed by atoms with Gasteiger partial charge in [-0.1, -0.05) is 32.0 Å². The number of carbonyl (C=O) groups excluding carboxylic acids is 1. The van der Waals surface area contributed by atoms with E-state index in [-0.39, 0.29) is 16.8 Å². The van der Waals surface area contributed by atoms with Gasteiger partial charge < -0.3 is 13.9 Å². The van der Waals surface area contributed by atoms with Gasteiger partial charge in [-0.2, -0.15) is 0 Å². The Kier molecular flexibility index (Phi) is 5.76. The number of aromatic nitrogens is 1. The lowest BCUT2D eigenvalue weighted by molar-refractivity contribution is 0.0970. The number of ether oxygens (including phenoxy) is 2. The predicted octanol–water partition coefficient (Wildman–Crippen LogP) is 5.29. The molecular formula is C28H26N2O5. The Labute approximate surface area is 202 Å². The number of hydrogen-bond acceptors (Lipinski definition) is 6. The number of nitrogens with zero attached hydrogens (tertiary/aromatic N) is 2. The molecule has 0 unspecified atom stereocenters. The minimum atomic E-state index is -0.735. The topological polar surface area (TPSA) is 81.9 Å². The van der Waals surface area contributed by atoms with Crippen LogP contribution in [-0.4, -0.2) is 24.6 Å². The summed E-state index contributed by atoms with van der Waals surface area (Å²) in [6, 6.07) is 15.4. The molecule has 3 heterocycles. The van der Waals surface area contributed by atoms with Gasteiger partial charge in [0, 0.05) is 6.20 Å². The van der Waals surface area contributed by atoms with E-state index in [1.165, 1.54) is 4.90 Å². The smallest absolute Gasteiger partial charge is 0.296 e. The van der Waals surface area contributed by atoms with Crippen molar-refractivity contribution in [3.8, 4) is 11.5 Å². The molecule has 1 atom stereocenters. The molecule has 0 spiro atoms. The van der Waals surface area contributed by atoms with Gasteiger partial charge in [0.05, 0.1) is 30.7 Å². The van der Waals surface area contributed by atoms with Crippen LogP contribution in [0.25, 0.3) is 11.0 Å². The van der Waals surface area contributed by atoms with Gasteiger partial charge >= 0.3 is 0 Å². The zero-order chi connectivity index (χ0) is 24.7. The van der Waals surface area contributed by atoms with Crippen LogP contribution in [0.4, 0.5) is 5.82 Å². The highest BCUT2D eigenvalue weighted by molar-refractivity contribution is 6.10. The number of amides is 1. The molecule has 0 fully saturated rings. The van der Waals surface area contributed by atoms with Gasteiger partial charge in [0.25, 0.3) is 5.91 Å². The summed E-state index contributed by atoms with van der Waals surface area (Å²) in [6.07, 6.45) is 1.65. The number of anilines is 1. The molecule has 0 aliphatic carbocycles. The molecule has 0 saturated heterocycles. The molecule has 2 aromatic carbocycles. The average molecular weight is 471 g/mol. The second-order valence-electron chi connectivity index (χ2n) is 9.05. The second kappa shape index (κ2) is 8.91. The van der Waals surface area contributed by atoms with Crippen LogP contribution in [0.3, 0.4) is 0 Å². The summed E-state index contributed by atoms with van der Waals surface area (Å²) in [5, 5.41) is 0.423. The first-order chi connectivity index (χ1) is 16.9. The van der Waals surface area contributed by atoms with Crippen molar-refractivity contribution < 1.29 is 18.7 Å². The van der Waals surface area contributed by atoms with E-state index in [9.17, 15) is 9.59 Å². The first kappa shape index (κ1) is 22.7. The third-order valence-electron chi connectivity index (χ3n) is 6.00. The van der Waals surface area contributed by atoms with Crippen LogP contribution in [0.15, 0.2) is 70.0 Å². The van der Waals surface area contributed by atoms with Crippen LogP contribution in [-0.2, 0) is 0 Å². The van der Waals surface area contributed by atoms with Crippen molar-refractivity contribution in [2.24, 2.45) is 5.92 Å². The van der Waals surface area contributed by atoms with Gasteiger partial charge in [-0.3, -0.25) is 14.5 Å². The zero-order valence-corrected chi connectivity index (χ0v) is 20.1. The molecule has 0 saturated carbocycles. The fourth-order valence-corrected chi connectivity index (χ4v) is 4.35. The molecular weight excluding hydrogens is 444 g/mol. The van der Waals surface area contributed by atoms with Gasteiger partial charge in [0.15, 0.2) is 16.9 Å². The molecule has 5 rings (SSSR count). The van der Waals surface area contributed by atoms with Crippen molar-refractivity contribution in [1.82, 2.24) is 4.98 Å². The molecule has 0 radical (unpaired) electrons. The fourth-order valence-electron chi connectivity index (χ4n) is 4.35. The van der Waals surface area contributed by atoms with Crippen molar-refractivity contribution >= 4 is 22.7 Å². The summed E-state index contributed by atoms with van der Waals surface area (Å²) in [7, 11) is 1.57. The van der Waals surface area contributed by atoms with Crippen LogP contribution < -0.4 is 19.8 Å². The first-order valence-corrected chi connectivity index (χ1v) is 11.5. The number of aryl methyl sites for hydroxylation is 1. The molecule has 7 nitrogen and oxygen atoms in total. The van der Waals surface area contributed by atoms with Gasteiger partial charge in [0.2, 0.25) is 5.76 Å². The highest BCUT2D eigenvalue weighted by Crippen LogP contribution is 2.42. The van der Waals surface area contributed by atoms with Crippen LogP contribution in [0.1, 0.15) is 47.1 Å². The molecule has 35 heavy (non-hydrogen) atoms. The van der Waals surface area contributed by atoms with E-state index in [0.717, 1.165) is 5.56 Å². The Morgan fingerprint density at radius 1 is 1.06 bits per heavy atom. The Morgan fingerprint density at radius 2 is 1.86 bits per heavy atom. The van der Waals surface area contributed by atoms with E-state index in [1.807, 2.05) is 31.2 Å². The highest BCUT2D eigenvalue weighted by atomic mass is 16.5. The number of methoxy groups -OCH3 is 1. The van der Waals surface area contributed by atoms with E-state index in [4.69, 9.17) is 13.9 Å². The number of fused-ring (bicyclic) bond motifs is 2. The zero-order valence-electron chi connectivity index (χ0n) is 20.1. The molecule has 178 valence electrons.